The van der Waals surface area contributed by atoms with Crippen molar-refractivity contribution >= 4 is 90.0 Å². The number of thiazole rings is 3. The van der Waals surface area contributed by atoms with E-state index in [1.807, 2.05) is 106 Å². The van der Waals surface area contributed by atoms with Crippen molar-refractivity contribution < 1.29 is 43.7 Å². The zero-order valence-electron chi connectivity index (χ0n) is 45.9. The standard InChI is InChI=1S/C58H71N9O9S3/c1-34(36-20-22-38(23-21-36)50-35(2)59-33-77-50)60-53(72)44-30-39(68)31-67(44)54(73)51(58(3,4)5)62-47(69)18-9-8-10-19-48(70)65(6)28-27-40(76-7)24-25-46-49(55(74)75)63-57(79-46)66-29-26-37-14-13-15-41(42(37)32-66)52(71)64-56-61-43-16-11-12-17-45(43)78-56/h11-17,20-23,33-34,39-40,44,51,68H,8-10,18-19,24-32H2,1-7H3,(H,60,72)(H,62,69)(H,74,75)(H,61,64,71)/t34-,39+,40?,44-,51+/m0/s1. The minimum atomic E-state index is -1.11. The van der Waals surface area contributed by atoms with Gasteiger partial charge in [-0.1, -0.05) is 87.1 Å². The van der Waals surface area contributed by atoms with Gasteiger partial charge in [0.05, 0.1) is 44.5 Å². The average molecular weight is 1130 g/mol. The molecule has 420 valence electrons. The largest absolute Gasteiger partial charge is 0.476 e. The number of carbonyl (C=O) groups is 6. The molecular formula is C58H71N9O9S3. The minimum absolute atomic E-state index is 0.000433. The van der Waals surface area contributed by atoms with E-state index in [1.54, 1.807) is 36.5 Å². The van der Waals surface area contributed by atoms with Crippen LogP contribution in [0.2, 0.25) is 0 Å². The van der Waals surface area contributed by atoms with Crippen LogP contribution in [0.3, 0.4) is 0 Å². The van der Waals surface area contributed by atoms with Crippen LogP contribution in [0.15, 0.2) is 72.2 Å². The van der Waals surface area contributed by atoms with Crippen LogP contribution in [0.5, 0.6) is 0 Å². The van der Waals surface area contributed by atoms with Crippen molar-refractivity contribution in [3.63, 3.8) is 0 Å². The lowest BCUT2D eigenvalue weighted by Crippen LogP contribution is -2.57. The van der Waals surface area contributed by atoms with Crippen molar-refractivity contribution in [1.82, 2.24) is 35.4 Å². The highest BCUT2D eigenvalue weighted by atomic mass is 32.1. The Morgan fingerprint density at radius 1 is 0.924 bits per heavy atom. The number of aliphatic hydroxyl groups is 1. The summed E-state index contributed by atoms with van der Waals surface area (Å²) in [5.41, 5.74) is 7.27. The second-order valence-corrected chi connectivity index (χ2v) is 24.5. The number of carboxylic acid groups (broad SMARTS) is 1. The van der Waals surface area contributed by atoms with Crippen LogP contribution in [0.25, 0.3) is 20.7 Å². The highest BCUT2D eigenvalue weighted by Gasteiger charge is 2.45. The molecule has 18 nitrogen and oxygen atoms in total. The molecular weight excluding hydrogens is 1060 g/mol. The number of anilines is 2. The summed E-state index contributed by atoms with van der Waals surface area (Å²) < 4.78 is 6.78. The van der Waals surface area contributed by atoms with Crippen molar-refractivity contribution in [2.24, 2.45) is 5.41 Å². The number of hydrogen-bond acceptors (Lipinski definition) is 15. The second kappa shape index (κ2) is 26.1. The maximum Gasteiger partial charge on any atom is 0.355 e. The molecule has 3 aromatic carbocycles. The maximum atomic E-state index is 14.2. The topological polar surface area (TPSA) is 237 Å². The van der Waals surface area contributed by atoms with Gasteiger partial charge in [0.15, 0.2) is 16.0 Å². The number of rotatable bonds is 23. The highest BCUT2D eigenvalue weighted by molar-refractivity contribution is 7.22. The van der Waals surface area contributed by atoms with Crippen LogP contribution >= 0.6 is 34.0 Å². The van der Waals surface area contributed by atoms with Crippen LogP contribution in [0.1, 0.15) is 133 Å². The number of likely N-dealkylation sites (tertiary alicyclic amines) is 1. The van der Waals surface area contributed by atoms with Gasteiger partial charge in [-0.25, -0.2) is 19.7 Å². The van der Waals surface area contributed by atoms with Gasteiger partial charge in [0.1, 0.15) is 12.1 Å². The minimum Gasteiger partial charge on any atom is -0.476 e. The van der Waals surface area contributed by atoms with Crippen molar-refractivity contribution in [3.8, 4) is 10.4 Å². The Morgan fingerprint density at radius 3 is 2.39 bits per heavy atom. The number of nitrogens with one attached hydrogen (secondary N) is 3. The third kappa shape index (κ3) is 14.6. The van der Waals surface area contributed by atoms with Gasteiger partial charge in [0, 0.05) is 70.0 Å². The molecule has 0 radical (unpaired) electrons. The zero-order valence-corrected chi connectivity index (χ0v) is 48.3. The number of hydrogen-bond donors (Lipinski definition) is 5. The van der Waals surface area contributed by atoms with Crippen LogP contribution in [-0.4, -0.2) is 129 Å². The van der Waals surface area contributed by atoms with Gasteiger partial charge in [0.2, 0.25) is 23.6 Å². The molecule has 0 saturated carbocycles. The summed E-state index contributed by atoms with van der Waals surface area (Å²) in [7, 11) is 3.35. The number of para-hydroxylation sites is 1. The molecule has 0 bridgehead atoms. The number of benzene rings is 3. The first-order chi connectivity index (χ1) is 37.8. The Bertz CT molecular complexity index is 3120. The molecule has 1 unspecified atom stereocenters. The molecule has 79 heavy (non-hydrogen) atoms. The number of aromatic nitrogens is 3. The Kier molecular flexibility index (Phi) is 19.3. The van der Waals surface area contributed by atoms with Gasteiger partial charge >= 0.3 is 5.97 Å². The number of β-amino-alcohol motifs (C(OH)–C–C–N with tert-alkyl or cyclic N) is 1. The number of unbranched alkanes of at least 4 members (excludes halogenated alkanes) is 2. The van der Waals surface area contributed by atoms with Gasteiger partial charge in [0.25, 0.3) is 5.91 Å². The fourth-order valence-electron chi connectivity index (χ4n) is 10.2. The number of methoxy groups -OCH3 is 1. The smallest absolute Gasteiger partial charge is 0.355 e. The SMILES string of the molecule is COC(CCc1sc(N2CCc3cccc(C(=O)Nc4nc5ccccc5s4)c3C2)nc1C(=O)O)CCN(C)C(=O)CCCCCC(=O)N[C@H](C(=O)N1C[C@H](O)C[C@H]1C(=O)N[C@@H](C)c1ccc(-c2scnc2C)cc1)C(C)(C)C. The van der Waals surface area contributed by atoms with Crippen LogP contribution < -0.4 is 20.9 Å². The fraction of sp³-hybridized carbons (Fsp3) is 0.466. The molecule has 5 atom stereocenters. The Balaban J connectivity index is 0.760. The van der Waals surface area contributed by atoms with E-state index in [1.165, 1.54) is 27.6 Å². The van der Waals surface area contributed by atoms with Crippen molar-refractivity contribution in [1.29, 1.82) is 0 Å². The molecule has 5 heterocycles. The lowest BCUT2D eigenvalue weighted by Gasteiger charge is -2.35. The summed E-state index contributed by atoms with van der Waals surface area (Å²) in [6, 6.07) is 19.1. The van der Waals surface area contributed by atoms with E-state index in [2.05, 4.69) is 30.9 Å². The van der Waals surface area contributed by atoms with E-state index in [9.17, 15) is 39.0 Å². The van der Waals surface area contributed by atoms with Crippen LogP contribution in [0.4, 0.5) is 10.3 Å². The number of aliphatic hydroxyl groups excluding tert-OH is 1. The van der Waals surface area contributed by atoms with Gasteiger partial charge in [-0.2, -0.15) is 0 Å². The summed E-state index contributed by atoms with van der Waals surface area (Å²) in [6.07, 6.45) is 3.19. The number of ether oxygens (including phenoxy) is 1. The fourth-order valence-corrected chi connectivity index (χ4v) is 12.9. The van der Waals surface area contributed by atoms with Crippen molar-refractivity contribution in [2.45, 2.75) is 136 Å². The number of nitrogens with zero attached hydrogens (tertiary/aromatic N) is 6. The first kappa shape index (κ1) is 58.5. The van der Waals surface area contributed by atoms with Gasteiger partial charge in [-0.05, 0) is 98.2 Å². The number of carboxylic acids is 1. The molecule has 1 saturated heterocycles. The molecule has 0 aliphatic carbocycles. The van der Waals surface area contributed by atoms with Crippen molar-refractivity contribution in [3.05, 3.63) is 111 Å². The highest BCUT2D eigenvalue weighted by Crippen LogP contribution is 2.35. The molecule has 21 heteroatoms. The molecule has 0 spiro atoms. The summed E-state index contributed by atoms with van der Waals surface area (Å²) in [6.45, 7) is 10.8. The Hall–Kier alpha value is -6.65. The van der Waals surface area contributed by atoms with E-state index in [0.29, 0.717) is 85.3 Å². The number of aromatic carboxylic acids is 1. The van der Waals surface area contributed by atoms with Crippen LogP contribution in [0, 0.1) is 12.3 Å². The van der Waals surface area contributed by atoms with Crippen molar-refractivity contribution in [2.75, 3.05) is 44.0 Å². The number of amides is 5. The third-order valence-electron chi connectivity index (χ3n) is 14.8. The molecule has 5 N–H and O–H groups in total. The first-order valence-electron chi connectivity index (χ1n) is 26.9. The van der Waals surface area contributed by atoms with E-state index in [4.69, 9.17) is 4.74 Å². The average Bonchev–Trinajstić information content (AvgIpc) is 4.36. The molecule has 6 aromatic rings. The quantitative estimate of drug-likeness (QED) is 0.0378. The van der Waals surface area contributed by atoms with Crippen LogP contribution in [-0.2, 0) is 43.3 Å². The number of fused-ring (bicyclic) bond motifs is 2. The Morgan fingerprint density at radius 2 is 1.68 bits per heavy atom. The Labute approximate surface area is 473 Å². The second-order valence-electron chi connectivity index (χ2n) is 21.6. The third-order valence-corrected chi connectivity index (χ3v) is 17.9. The monoisotopic (exact) mass is 1130 g/mol. The molecule has 1 fully saturated rings. The number of aryl methyl sites for hydroxylation is 2. The molecule has 8 rings (SSSR count). The summed E-state index contributed by atoms with van der Waals surface area (Å²) in [5.74, 6) is -2.53. The van der Waals surface area contributed by atoms with E-state index < -0.39 is 35.5 Å². The summed E-state index contributed by atoms with van der Waals surface area (Å²) in [5, 5.41) is 30.9. The predicted molar refractivity (Wildman–Crippen MR) is 309 cm³/mol. The predicted octanol–water partition coefficient (Wildman–Crippen LogP) is 8.81. The van der Waals surface area contributed by atoms with Gasteiger partial charge < -0.3 is 40.3 Å². The van der Waals surface area contributed by atoms with Gasteiger partial charge in [-0.3, -0.25) is 29.3 Å². The summed E-state index contributed by atoms with van der Waals surface area (Å²) >= 11 is 4.32. The molecule has 2 aliphatic rings. The summed E-state index contributed by atoms with van der Waals surface area (Å²) in [4.78, 5) is 101. The molecule has 3 aromatic heterocycles. The first-order valence-corrected chi connectivity index (χ1v) is 29.4. The van der Waals surface area contributed by atoms with Gasteiger partial charge in [-0.15, -0.1) is 22.7 Å². The lowest BCUT2D eigenvalue weighted by molar-refractivity contribution is -0.144. The molecule has 5 amide bonds. The number of carbonyl (C=O) groups excluding carboxylic acids is 5. The zero-order chi connectivity index (χ0) is 56.5. The van der Waals surface area contributed by atoms with E-state index in [-0.39, 0.29) is 67.3 Å². The van der Waals surface area contributed by atoms with E-state index in [0.717, 1.165) is 43.0 Å². The normalized spacial score (nSPS) is 16.5. The van der Waals surface area contributed by atoms with E-state index >= 15 is 0 Å². The lowest BCUT2D eigenvalue weighted by atomic mass is 9.85. The maximum absolute atomic E-state index is 14.2. The molecule has 2 aliphatic heterocycles.